The molecule has 4 heteroatoms. The third-order valence-electron chi connectivity index (χ3n) is 2.93. The number of thiophene rings is 2. The first-order valence-electron chi connectivity index (χ1n) is 6.03. The van der Waals surface area contributed by atoms with Crippen LogP contribution in [0.2, 0.25) is 0 Å². The molecule has 1 aromatic carbocycles. The Kier molecular flexibility index (Phi) is 3.53. The van der Waals surface area contributed by atoms with E-state index < -0.39 is 0 Å². The van der Waals surface area contributed by atoms with Gasteiger partial charge >= 0.3 is 0 Å². The van der Waals surface area contributed by atoms with Gasteiger partial charge in [-0.15, -0.1) is 22.7 Å². The predicted octanol–water partition coefficient (Wildman–Crippen LogP) is 4.67. The monoisotopic (exact) mass is 286 g/mol. The van der Waals surface area contributed by atoms with Crippen LogP contribution < -0.4 is 11.1 Å². The Morgan fingerprint density at radius 1 is 0.947 bits per heavy atom. The fourth-order valence-corrected chi connectivity index (χ4v) is 3.46. The molecule has 0 atom stereocenters. The van der Waals surface area contributed by atoms with Crippen molar-refractivity contribution in [3.05, 3.63) is 58.1 Å². The Morgan fingerprint density at radius 3 is 2.58 bits per heavy atom. The van der Waals surface area contributed by atoms with E-state index in [0.29, 0.717) is 0 Å². The van der Waals surface area contributed by atoms with Gasteiger partial charge in [0.25, 0.3) is 0 Å². The van der Waals surface area contributed by atoms with Gasteiger partial charge in [-0.05, 0) is 29.0 Å². The van der Waals surface area contributed by atoms with E-state index in [1.54, 1.807) is 22.7 Å². The number of hydrogen-bond acceptors (Lipinski definition) is 4. The van der Waals surface area contributed by atoms with Crippen LogP contribution in [0, 0.1) is 0 Å². The van der Waals surface area contributed by atoms with Crippen LogP contribution in [0.5, 0.6) is 0 Å². The second-order valence-electron chi connectivity index (χ2n) is 4.18. The number of nitrogen functional groups attached to an aromatic ring is 1. The molecule has 3 rings (SSSR count). The zero-order chi connectivity index (χ0) is 13.1. The highest BCUT2D eigenvalue weighted by molar-refractivity contribution is 7.13. The van der Waals surface area contributed by atoms with Gasteiger partial charge in [0, 0.05) is 26.7 Å². The number of nitrogens with one attached hydrogen (secondary N) is 1. The highest BCUT2D eigenvalue weighted by Crippen LogP contribution is 2.32. The van der Waals surface area contributed by atoms with Crippen molar-refractivity contribution in [2.24, 2.45) is 0 Å². The van der Waals surface area contributed by atoms with Crippen LogP contribution in [0.4, 0.5) is 11.4 Å². The number of hydrogen-bond donors (Lipinski definition) is 2. The normalized spacial score (nSPS) is 10.5. The Hall–Kier alpha value is -1.78. The van der Waals surface area contributed by atoms with Gasteiger partial charge in [0.2, 0.25) is 0 Å². The van der Waals surface area contributed by atoms with Crippen LogP contribution in [0.25, 0.3) is 10.4 Å². The topological polar surface area (TPSA) is 38.0 Å². The average molecular weight is 286 g/mol. The van der Waals surface area contributed by atoms with Crippen molar-refractivity contribution in [1.82, 2.24) is 0 Å². The first-order valence-corrected chi connectivity index (χ1v) is 7.79. The Balaban J connectivity index is 1.84. The lowest BCUT2D eigenvalue weighted by Crippen LogP contribution is -2.01. The fourth-order valence-electron chi connectivity index (χ4n) is 1.95. The maximum absolute atomic E-state index is 5.91. The summed E-state index contributed by atoms with van der Waals surface area (Å²) in [6.45, 7) is 0.770. The number of benzene rings is 1. The molecule has 0 saturated heterocycles. The molecule has 0 fully saturated rings. The summed E-state index contributed by atoms with van der Waals surface area (Å²) in [5, 5.41) is 7.61. The summed E-state index contributed by atoms with van der Waals surface area (Å²) < 4.78 is 0. The van der Waals surface area contributed by atoms with E-state index in [2.05, 4.69) is 47.1 Å². The molecule has 0 unspecified atom stereocenters. The van der Waals surface area contributed by atoms with E-state index in [1.807, 2.05) is 11.4 Å². The van der Waals surface area contributed by atoms with Crippen molar-refractivity contribution in [1.29, 1.82) is 0 Å². The van der Waals surface area contributed by atoms with Crippen LogP contribution >= 0.6 is 22.7 Å². The molecule has 96 valence electrons. The Labute approximate surface area is 120 Å². The van der Waals surface area contributed by atoms with E-state index in [4.69, 9.17) is 5.73 Å². The lowest BCUT2D eigenvalue weighted by atomic mass is 10.1. The molecule has 2 nitrogen and oxygen atoms in total. The van der Waals surface area contributed by atoms with Gasteiger partial charge in [0.15, 0.2) is 0 Å². The average Bonchev–Trinajstić information content (AvgIpc) is 3.08. The maximum atomic E-state index is 5.91. The van der Waals surface area contributed by atoms with Crippen LogP contribution in [-0.2, 0) is 6.54 Å². The summed E-state index contributed by atoms with van der Waals surface area (Å²) in [6.07, 6.45) is 0. The van der Waals surface area contributed by atoms with Crippen molar-refractivity contribution in [2.45, 2.75) is 6.54 Å². The minimum absolute atomic E-state index is 0.770. The van der Waals surface area contributed by atoms with Gasteiger partial charge in [-0.3, -0.25) is 0 Å². The van der Waals surface area contributed by atoms with Crippen molar-refractivity contribution >= 4 is 34.0 Å². The summed E-state index contributed by atoms with van der Waals surface area (Å²) in [7, 11) is 0. The number of para-hydroxylation sites is 1. The lowest BCUT2D eigenvalue weighted by Gasteiger charge is -2.10. The first kappa shape index (κ1) is 12.3. The Bertz CT molecular complexity index is 656. The van der Waals surface area contributed by atoms with Gasteiger partial charge < -0.3 is 11.1 Å². The summed E-state index contributed by atoms with van der Waals surface area (Å²) in [5.41, 5.74) is 9.17. The van der Waals surface area contributed by atoms with E-state index in [1.165, 1.54) is 15.3 Å². The number of anilines is 2. The Morgan fingerprint density at radius 2 is 1.84 bits per heavy atom. The van der Waals surface area contributed by atoms with Crippen molar-refractivity contribution in [2.75, 3.05) is 11.1 Å². The second-order valence-corrected chi connectivity index (χ2v) is 6.12. The zero-order valence-corrected chi connectivity index (χ0v) is 11.9. The molecule has 0 bridgehead atoms. The molecular formula is C15H14N2S2. The molecule has 0 spiro atoms. The molecule has 2 aromatic heterocycles. The summed E-state index contributed by atoms with van der Waals surface area (Å²) in [5.74, 6) is 0. The third-order valence-corrected chi connectivity index (χ3v) is 4.77. The van der Waals surface area contributed by atoms with Gasteiger partial charge in [0.05, 0.1) is 6.54 Å². The smallest absolute Gasteiger partial charge is 0.0515 e. The largest absolute Gasteiger partial charge is 0.398 e. The lowest BCUT2D eigenvalue weighted by molar-refractivity contribution is 1.20. The van der Waals surface area contributed by atoms with Gasteiger partial charge in [-0.1, -0.05) is 24.3 Å². The van der Waals surface area contributed by atoms with Crippen LogP contribution in [-0.4, -0.2) is 0 Å². The molecule has 0 aliphatic rings. The third kappa shape index (κ3) is 2.64. The molecule has 0 saturated carbocycles. The molecule has 3 N–H and O–H groups in total. The van der Waals surface area contributed by atoms with Gasteiger partial charge in [-0.2, -0.15) is 0 Å². The van der Waals surface area contributed by atoms with Gasteiger partial charge in [-0.25, -0.2) is 0 Å². The van der Waals surface area contributed by atoms with E-state index in [-0.39, 0.29) is 0 Å². The first-order chi connectivity index (χ1) is 9.34. The van der Waals surface area contributed by atoms with E-state index >= 15 is 0 Å². The molecule has 3 aromatic rings. The van der Waals surface area contributed by atoms with Crippen LogP contribution in [0.3, 0.4) is 0 Å². The molecule has 0 radical (unpaired) electrons. The summed E-state index contributed by atoms with van der Waals surface area (Å²) in [4.78, 5) is 2.46. The maximum Gasteiger partial charge on any atom is 0.0515 e. The van der Waals surface area contributed by atoms with E-state index in [0.717, 1.165) is 17.9 Å². The molecule has 19 heavy (non-hydrogen) atoms. The molecule has 0 amide bonds. The zero-order valence-electron chi connectivity index (χ0n) is 10.3. The van der Waals surface area contributed by atoms with Gasteiger partial charge in [0.1, 0.15) is 0 Å². The minimum atomic E-state index is 0.770. The van der Waals surface area contributed by atoms with Crippen molar-refractivity contribution < 1.29 is 0 Å². The van der Waals surface area contributed by atoms with E-state index in [9.17, 15) is 0 Å². The van der Waals surface area contributed by atoms with Crippen molar-refractivity contribution in [3.63, 3.8) is 0 Å². The molecular weight excluding hydrogens is 272 g/mol. The quantitative estimate of drug-likeness (QED) is 0.731. The minimum Gasteiger partial charge on any atom is -0.398 e. The number of rotatable bonds is 4. The summed E-state index contributed by atoms with van der Waals surface area (Å²) >= 11 is 3.44. The highest BCUT2D eigenvalue weighted by Gasteiger charge is 2.06. The molecule has 0 aliphatic carbocycles. The highest BCUT2D eigenvalue weighted by atomic mass is 32.1. The fraction of sp³-hybridized carbons (Fsp3) is 0.0667. The van der Waals surface area contributed by atoms with Crippen LogP contribution in [0.15, 0.2) is 53.2 Å². The summed E-state index contributed by atoms with van der Waals surface area (Å²) in [6, 6.07) is 14.5. The SMILES string of the molecule is Nc1ccsc1CNc1ccccc1-c1cccs1. The number of nitrogens with two attached hydrogens (primary N) is 1. The predicted molar refractivity (Wildman–Crippen MR) is 85.8 cm³/mol. The van der Waals surface area contributed by atoms with Crippen molar-refractivity contribution in [3.8, 4) is 10.4 Å². The van der Waals surface area contributed by atoms with Crippen LogP contribution in [0.1, 0.15) is 4.88 Å². The second kappa shape index (κ2) is 5.47. The standard InChI is InChI=1S/C15H14N2S2/c16-12-7-9-19-15(12)10-17-13-5-2-1-4-11(13)14-6-3-8-18-14/h1-9,17H,10,16H2. The molecule has 2 heterocycles. The molecule has 0 aliphatic heterocycles.